The van der Waals surface area contributed by atoms with Crippen molar-refractivity contribution < 1.29 is 14.3 Å². The van der Waals surface area contributed by atoms with Gasteiger partial charge in [0, 0.05) is 25.1 Å². The van der Waals surface area contributed by atoms with Gasteiger partial charge in [-0.05, 0) is 24.6 Å². The molecule has 3 N–H and O–H groups in total. The Labute approximate surface area is 116 Å². The second kappa shape index (κ2) is 4.20. The fraction of sp³-hybridized carbons (Fsp3) is 0.923. The van der Waals surface area contributed by atoms with Crippen LogP contribution in [0.1, 0.15) is 27.2 Å². The first-order valence-corrected chi connectivity index (χ1v) is 9.80. The highest BCUT2D eigenvalue weighted by Gasteiger charge is 2.71. The maximum Gasteiger partial charge on any atom is 0.405 e. The number of carboxylic acid groups (broad SMARTS) is 1. The molecular weight excluding hydrogens is 260 g/mol. The van der Waals surface area contributed by atoms with E-state index in [1.807, 2.05) is 0 Å². The van der Waals surface area contributed by atoms with Crippen LogP contribution in [0.25, 0.3) is 0 Å². The smallest absolute Gasteiger partial charge is 0.405 e. The van der Waals surface area contributed by atoms with E-state index in [2.05, 4.69) is 44.5 Å². The number of nitrogens with one attached hydrogen (secondary N) is 2. The molecule has 2 atom stereocenters. The van der Waals surface area contributed by atoms with E-state index in [-0.39, 0.29) is 16.0 Å². The van der Waals surface area contributed by atoms with Crippen molar-refractivity contribution in [2.75, 3.05) is 19.7 Å². The Balaban J connectivity index is 2.00. The van der Waals surface area contributed by atoms with Crippen LogP contribution in [0.5, 0.6) is 0 Å². The molecule has 2 rings (SSSR count). The number of piperidine rings is 1. The molecule has 0 radical (unpaired) electrons. The summed E-state index contributed by atoms with van der Waals surface area (Å²) in [5.41, 5.74) is -0.317. The zero-order chi connectivity index (χ0) is 14.5. The Hall–Kier alpha value is -0.593. The van der Waals surface area contributed by atoms with Crippen LogP contribution >= 0.6 is 0 Å². The molecule has 0 bridgehead atoms. The highest BCUT2D eigenvalue weighted by atomic mass is 28.4. The average molecular weight is 286 g/mol. The van der Waals surface area contributed by atoms with Gasteiger partial charge in [-0.1, -0.05) is 20.8 Å². The molecule has 2 aliphatic rings. The number of amides is 1. The predicted octanol–water partition coefficient (Wildman–Crippen LogP) is 2.01. The molecule has 6 heteroatoms. The van der Waals surface area contributed by atoms with Gasteiger partial charge in [0.2, 0.25) is 0 Å². The average Bonchev–Trinajstić information content (AvgIpc) is 2.69. The van der Waals surface area contributed by atoms with Gasteiger partial charge in [-0.25, -0.2) is 4.79 Å². The van der Waals surface area contributed by atoms with Gasteiger partial charge >= 0.3 is 6.09 Å². The van der Waals surface area contributed by atoms with E-state index in [4.69, 9.17) is 9.53 Å². The van der Waals surface area contributed by atoms with Crippen molar-refractivity contribution in [3.8, 4) is 0 Å². The van der Waals surface area contributed by atoms with Crippen LogP contribution < -0.4 is 10.6 Å². The Bertz CT molecular complexity index is 394. The fourth-order valence-electron chi connectivity index (χ4n) is 2.73. The Morgan fingerprint density at radius 1 is 1.42 bits per heavy atom. The van der Waals surface area contributed by atoms with Gasteiger partial charge in [0.05, 0.1) is 5.54 Å². The molecule has 1 aliphatic heterocycles. The minimum atomic E-state index is -1.77. The molecule has 1 heterocycles. The molecule has 1 aliphatic carbocycles. The lowest BCUT2D eigenvalue weighted by Gasteiger charge is -2.37. The number of carbonyl (C=O) groups is 1. The maximum atomic E-state index is 10.9. The van der Waals surface area contributed by atoms with Crippen LogP contribution in [0.4, 0.5) is 4.79 Å². The third-order valence-electron chi connectivity index (χ3n) is 5.28. The van der Waals surface area contributed by atoms with Crippen LogP contribution in [0.15, 0.2) is 0 Å². The Kier molecular flexibility index (Phi) is 3.27. The van der Waals surface area contributed by atoms with Crippen LogP contribution in [-0.4, -0.2) is 44.8 Å². The second-order valence-corrected chi connectivity index (χ2v) is 12.4. The summed E-state index contributed by atoms with van der Waals surface area (Å²) in [7, 11) is -1.77. The predicted molar refractivity (Wildman–Crippen MR) is 77.0 cm³/mol. The highest BCUT2D eigenvalue weighted by Crippen LogP contribution is 2.59. The molecular formula is C13H26N2O3Si. The van der Waals surface area contributed by atoms with E-state index in [9.17, 15) is 4.79 Å². The van der Waals surface area contributed by atoms with E-state index in [1.54, 1.807) is 0 Å². The minimum Gasteiger partial charge on any atom is -0.465 e. The first kappa shape index (κ1) is 14.8. The molecule has 0 aromatic rings. The van der Waals surface area contributed by atoms with Crippen molar-refractivity contribution in [3.05, 3.63) is 0 Å². The summed E-state index contributed by atoms with van der Waals surface area (Å²) in [5.74, 6) is 0. The number of rotatable bonds is 4. The third-order valence-corrected chi connectivity index (χ3v) is 9.76. The van der Waals surface area contributed by atoms with Crippen LogP contribution in [-0.2, 0) is 4.43 Å². The molecule has 110 valence electrons. The van der Waals surface area contributed by atoms with Gasteiger partial charge in [0.15, 0.2) is 8.32 Å². The molecule has 2 fully saturated rings. The molecule has 0 aromatic heterocycles. The summed E-state index contributed by atoms with van der Waals surface area (Å²) < 4.78 is 6.30. The normalized spacial score (nSPS) is 33.9. The molecule has 19 heavy (non-hydrogen) atoms. The number of hydrogen-bond acceptors (Lipinski definition) is 3. The van der Waals surface area contributed by atoms with Crippen LogP contribution in [0.3, 0.4) is 0 Å². The lowest BCUT2D eigenvalue weighted by molar-refractivity contribution is 0.177. The van der Waals surface area contributed by atoms with E-state index in [1.165, 1.54) is 0 Å². The summed E-state index contributed by atoms with van der Waals surface area (Å²) >= 11 is 0. The minimum absolute atomic E-state index is 0.0269. The molecule has 1 amide bonds. The summed E-state index contributed by atoms with van der Waals surface area (Å²) in [4.78, 5) is 10.9. The van der Waals surface area contributed by atoms with Crippen LogP contribution in [0, 0.1) is 5.41 Å². The molecule has 5 nitrogen and oxygen atoms in total. The molecule has 0 aromatic carbocycles. The summed E-state index contributed by atoms with van der Waals surface area (Å²) in [6.45, 7) is 13.4. The SMILES string of the molecule is CC(C)(C)[Si](C)(C)OCC12CNCC1(NC(=O)O)C2. The van der Waals surface area contributed by atoms with Gasteiger partial charge in [0.1, 0.15) is 0 Å². The van der Waals surface area contributed by atoms with E-state index in [0.29, 0.717) is 6.61 Å². The second-order valence-electron chi connectivity index (χ2n) is 7.62. The van der Waals surface area contributed by atoms with Crippen LogP contribution in [0.2, 0.25) is 18.1 Å². The van der Waals surface area contributed by atoms with E-state index >= 15 is 0 Å². The van der Waals surface area contributed by atoms with Crippen molar-refractivity contribution in [2.45, 2.75) is 50.9 Å². The molecule has 1 saturated heterocycles. The monoisotopic (exact) mass is 286 g/mol. The molecule has 0 spiro atoms. The fourth-order valence-corrected chi connectivity index (χ4v) is 3.80. The standard InChI is InChI=1S/C13H26N2O3Si/c1-11(2,3)19(4,5)18-9-12-6-13(12,8-14-7-12)15-10(16)17/h14-15H,6-9H2,1-5H3,(H,16,17). The zero-order valence-corrected chi connectivity index (χ0v) is 13.6. The summed E-state index contributed by atoms with van der Waals surface area (Å²) in [6.07, 6.45) is -0.0357. The van der Waals surface area contributed by atoms with Gasteiger partial charge in [-0.2, -0.15) is 0 Å². The van der Waals surface area contributed by atoms with Gasteiger partial charge in [0.25, 0.3) is 0 Å². The zero-order valence-electron chi connectivity index (χ0n) is 12.6. The lowest BCUT2D eigenvalue weighted by Crippen LogP contribution is -2.46. The van der Waals surface area contributed by atoms with Gasteiger partial charge < -0.3 is 20.2 Å². The quantitative estimate of drug-likeness (QED) is 0.691. The molecule has 2 unspecified atom stereocenters. The number of fused-ring (bicyclic) bond motifs is 1. The first-order chi connectivity index (χ1) is 8.54. The van der Waals surface area contributed by atoms with E-state index < -0.39 is 14.4 Å². The Morgan fingerprint density at radius 2 is 2.05 bits per heavy atom. The maximum absolute atomic E-state index is 10.9. The highest BCUT2D eigenvalue weighted by molar-refractivity contribution is 6.74. The summed E-state index contributed by atoms with van der Waals surface area (Å²) in [6, 6.07) is 0. The van der Waals surface area contributed by atoms with E-state index in [0.717, 1.165) is 19.5 Å². The largest absolute Gasteiger partial charge is 0.465 e. The number of hydrogen-bond donors (Lipinski definition) is 3. The van der Waals surface area contributed by atoms with Gasteiger partial charge in [-0.3, -0.25) is 0 Å². The topological polar surface area (TPSA) is 70.6 Å². The lowest BCUT2D eigenvalue weighted by atomic mass is 10.1. The summed E-state index contributed by atoms with van der Waals surface area (Å²) in [5, 5.41) is 15.1. The first-order valence-electron chi connectivity index (χ1n) is 6.90. The van der Waals surface area contributed by atoms with Crippen molar-refractivity contribution in [3.63, 3.8) is 0 Å². The van der Waals surface area contributed by atoms with Crippen molar-refractivity contribution >= 4 is 14.4 Å². The van der Waals surface area contributed by atoms with Crippen molar-refractivity contribution in [2.24, 2.45) is 5.41 Å². The van der Waals surface area contributed by atoms with Crippen molar-refractivity contribution in [1.82, 2.24) is 10.6 Å². The molecule has 1 saturated carbocycles. The Morgan fingerprint density at radius 3 is 2.58 bits per heavy atom. The third kappa shape index (κ3) is 2.41. The van der Waals surface area contributed by atoms with Crippen molar-refractivity contribution in [1.29, 1.82) is 0 Å². The van der Waals surface area contributed by atoms with Gasteiger partial charge in [-0.15, -0.1) is 0 Å².